The van der Waals surface area contributed by atoms with E-state index in [1.807, 2.05) is 0 Å². The number of unbranched alkanes of at least 4 members (excludes halogenated alkanes) is 1. The van der Waals surface area contributed by atoms with Crippen LogP contribution < -0.4 is 5.73 Å². The fourth-order valence-electron chi connectivity index (χ4n) is 0.204. The second-order valence-corrected chi connectivity index (χ2v) is 2.54. The van der Waals surface area contributed by atoms with E-state index >= 15 is 0 Å². The third-order valence-electron chi connectivity index (χ3n) is 0.558. The van der Waals surface area contributed by atoms with Crippen LogP contribution in [0.3, 0.4) is 0 Å². The van der Waals surface area contributed by atoms with Crippen LogP contribution in [-0.2, 0) is 0 Å². The number of thiocarbonyl (C=S) groups is 1. The average Bonchev–Trinajstić information content (AvgIpc) is 1.66. The number of hydrogen-bond donors (Lipinski definition) is 3. The topological polar surface area (TPSA) is 46.2 Å². The SMILES string of the molecule is CCCCN.OC(=S)S. The Bertz CT molecular complexity index is 62.0. The molecule has 0 saturated heterocycles. The van der Waals surface area contributed by atoms with Gasteiger partial charge in [-0.3, -0.25) is 0 Å². The maximum Gasteiger partial charge on any atom is 0.214 e. The molecule has 0 aromatic heterocycles. The number of hydrogen-bond acceptors (Lipinski definition) is 2. The third kappa shape index (κ3) is 65.1. The van der Waals surface area contributed by atoms with Gasteiger partial charge in [0.15, 0.2) is 0 Å². The second kappa shape index (κ2) is 11.1. The monoisotopic (exact) mass is 167 g/mol. The lowest BCUT2D eigenvalue weighted by molar-refractivity contribution is 0.586. The van der Waals surface area contributed by atoms with Gasteiger partial charge in [0.2, 0.25) is 4.38 Å². The van der Waals surface area contributed by atoms with E-state index in [0.29, 0.717) is 0 Å². The van der Waals surface area contributed by atoms with Crippen molar-refractivity contribution in [2.75, 3.05) is 6.54 Å². The summed E-state index contributed by atoms with van der Waals surface area (Å²) in [5.74, 6) is 0. The number of aliphatic hydroxyl groups is 1. The van der Waals surface area contributed by atoms with Gasteiger partial charge in [0.25, 0.3) is 0 Å². The summed E-state index contributed by atoms with van der Waals surface area (Å²) < 4.78 is -0.306. The maximum atomic E-state index is 7.65. The van der Waals surface area contributed by atoms with E-state index in [4.69, 9.17) is 10.8 Å². The molecule has 0 atom stereocenters. The molecule has 56 valence electrons. The molecule has 0 rings (SSSR count). The van der Waals surface area contributed by atoms with Crippen molar-refractivity contribution in [2.45, 2.75) is 19.8 Å². The first-order valence-electron chi connectivity index (χ1n) is 2.77. The Labute approximate surface area is 66.9 Å². The van der Waals surface area contributed by atoms with Crippen molar-refractivity contribution < 1.29 is 5.11 Å². The molecule has 0 aromatic carbocycles. The number of nitrogens with two attached hydrogens (primary N) is 1. The molecule has 9 heavy (non-hydrogen) atoms. The Hall–Kier alpha value is 0.200. The van der Waals surface area contributed by atoms with Gasteiger partial charge in [-0.15, -0.1) is 0 Å². The molecule has 0 spiro atoms. The van der Waals surface area contributed by atoms with Crippen LogP contribution in [0.4, 0.5) is 0 Å². The lowest BCUT2D eigenvalue weighted by Gasteiger charge is -1.80. The molecule has 0 fully saturated rings. The molecule has 0 heterocycles. The Kier molecular flexibility index (Phi) is 14.7. The summed E-state index contributed by atoms with van der Waals surface area (Å²) in [6.45, 7) is 2.98. The quantitative estimate of drug-likeness (QED) is 0.431. The summed E-state index contributed by atoms with van der Waals surface area (Å²) in [5, 5.41) is 7.65. The molecule has 0 aliphatic heterocycles. The van der Waals surface area contributed by atoms with Gasteiger partial charge in [-0.2, -0.15) is 0 Å². The first-order chi connectivity index (χ1) is 4.15. The van der Waals surface area contributed by atoms with E-state index in [1.54, 1.807) is 0 Å². The standard InChI is InChI=1S/C4H11N.CH2OS2/c1-2-3-4-5;2-1(3)4/h2-5H2,1H3;(H2,2,3,4). The summed E-state index contributed by atoms with van der Waals surface area (Å²) in [6.07, 6.45) is 2.39. The Morgan fingerprint density at radius 1 is 1.78 bits per heavy atom. The fraction of sp³-hybridized carbons (Fsp3) is 0.800. The van der Waals surface area contributed by atoms with Crippen molar-refractivity contribution >= 4 is 29.2 Å². The molecule has 4 heteroatoms. The minimum absolute atomic E-state index is 0.306. The summed E-state index contributed by atoms with van der Waals surface area (Å²) in [4.78, 5) is 0. The lowest BCUT2D eigenvalue weighted by atomic mass is 10.3. The van der Waals surface area contributed by atoms with Crippen LogP contribution in [0.25, 0.3) is 0 Å². The lowest BCUT2D eigenvalue weighted by Crippen LogP contribution is -1.95. The number of rotatable bonds is 2. The van der Waals surface area contributed by atoms with E-state index in [1.165, 1.54) is 12.8 Å². The van der Waals surface area contributed by atoms with Gasteiger partial charge < -0.3 is 10.8 Å². The molecule has 0 unspecified atom stereocenters. The van der Waals surface area contributed by atoms with Crippen LogP contribution in [0.2, 0.25) is 0 Å². The summed E-state index contributed by atoms with van der Waals surface area (Å²) in [6, 6.07) is 0. The molecular weight excluding hydrogens is 154 g/mol. The number of thiol groups is 1. The zero-order valence-electron chi connectivity index (χ0n) is 5.50. The Morgan fingerprint density at radius 3 is 2.11 bits per heavy atom. The van der Waals surface area contributed by atoms with Crippen molar-refractivity contribution in [3.8, 4) is 0 Å². The van der Waals surface area contributed by atoms with Gasteiger partial charge in [-0.1, -0.05) is 26.0 Å². The van der Waals surface area contributed by atoms with E-state index < -0.39 is 0 Å². The average molecular weight is 167 g/mol. The van der Waals surface area contributed by atoms with Crippen LogP contribution in [0, 0.1) is 0 Å². The van der Waals surface area contributed by atoms with E-state index in [-0.39, 0.29) is 4.38 Å². The van der Waals surface area contributed by atoms with Crippen molar-refractivity contribution in [3.63, 3.8) is 0 Å². The highest BCUT2D eigenvalue weighted by Crippen LogP contribution is 1.77. The molecule has 0 amide bonds. The van der Waals surface area contributed by atoms with Crippen LogP contribution in [0.1, 0.15) is 19.8 Å². The minimum Gasteiger partial charge on any atom is -0.494 e. The van der Waals surface area contributed by atoms with E-state index in [9.17, 15) is 0 Å². The highest BCUT2D eigenvalue weighted by atomic mass is 32.1. The molecule has 0 aromatic rings. The summed E-state index contributed by atoms with van der Waals surface area (Å²) in [5.41, 5.74) is 5.14. The highest BCUT2D eigenvalue weighted by molar-refractivity contribution is 8.10. The normalized spacial score (nSPS) is 7.44. The van der Waals surface area contributed by atoms with Crippen LogP contribution in [0.5, 0.6) is 0 Å². The predicted octanol–water partition coefficient (Wildman–Crippen LogP) is 1.50. The first kappa shape index (κ1) is 11.9. The Morgan fingerprint density at radius 2 is 2.11 bits per heavy atom. The molecule has 2 nitrogen and oxygen atoms in total. The molecular formula is C5H13NOS2. The molecule has 0 saturated carbocycles. The van der Waals surface area contributed by atoms with Crippen molar-refractivity contribution in [2.24, 2.45) is 5.73 Å². The van der Waals surface area contributed by atoms with Gasteiger partial charge >= 0.3 is 0 Å². The van der Waals surface area contributed by atoms with Gasteiger partial charge in [0.05, 0.1) is 0 Å². The first-order valence-corrected chi connectivity index (χ1v) is 3.62. The van der Waals surface area contributed by atoms with Gasteiger partial charge in [-0.05, 0) is 25.2 Å². The van der Waals surface area contributed by atoms with Gasteiger partial charge in [-0.25, -0.2) is 0 Å². The van der Waals surface area contributed by atoms with Gasteiger partial charge in [0, 0.05) is 0 Å². The zero-order valence-corrected chi connectivity index (χ0v) is 7.21. The largest absolute Gasteiger partial charge is 0.494 e. The Balaban J connectivity index is 0. The van der Waals surface area contributed by atoms with Crippen molar-refractivity contribution in [3.05, 3.63) is 0 Å². The molecule has 0 radical (unpaired) electrons. The van der Waals surface area contributed by atoms with E-state index in [2.05, 4.69) is 31.8 Å². The van der Waals surface area contributed by atoms with E-state index in [0.717, 1.165) is 6.54 Å². The maximum absolute atomic E-state index is 7.65. The molecule has 0 aliphatic rings. The third-order valence-corrected chi connectivity index (χ3v) is 0.558. The summed E-state index contributed by atoms with van der Waals surface area (Å²) >= 11 is 7.21. The van der Waals surface area contributed by atoms with Crippen LogP contribution >= 0.6 is 24.8 Å². The summed E-state index contributed by atoms with van der Waals surface area (Å²) in [7, 11) is 0. The zero-order chi connectivity index (χ0) is 7.70. The smallest absolute Gasteiger partial charge is 0.214 e. The second-order valence-electron chi connectivity index (χ2n) is 1.42. The molecule has 0 aliphatic carbocycles. The highest BCUT2D eigenvalue weighted by Gasteiger charge is 1.67. The molecule has 3 N–H and O–H groups in total. The minimum atomic E-state index is -0.306. The molecule has 0 bridgehead atoms. The number of aliphatic hydroxyl groups excluding tert-OH is 1. The van der Waals surface area contributed by atoms with Gasteiger partial charge in [0.1, 0.15) is 0 Å². The van der Waals surface area contributed by atoms with Crippen LogP contribution in [-0.4, -0.2) is 16.0 Å². The predicted molar refractivity (Wildman–Crippen MR) is 48.2 cm³/mol. The fourth-order valence-corrected chi connectivity index (χ4v) is 0.204. The van der Waals surface area contributed by atoms with Crippen LogP contribution in [0.15, 0.2) is 0 Å². The van der Waals surface area contributed by atoms with Crippen molar-refractivity contribution in [1.82, 2.24) is 0 Å². The van der Waals surface area contributed by atoms with Crippen molar-refractivity contribution in [1.29, 1.82) is 0 Å².